The van der Waals surface area contributed by atoms with Crippen molar-refractivity contribution in [3.8, 4) is 11.8 Å². The van der Waals surface area contributed by atoms with Crippen LogP contribution >= 0.6 is 0 Å². The zero-order chi connectivity index (χ0) is 18.6. The van der Waals surface area contributed by atoms with Gasteiger partial charge in [0, 0.05) is 13.1 Å². The number of aryl methyl sites for hydroxylation is 1. The van der Waals surface area contributed by atoms with E-state index in [1.165, 1.54) is 16.1 Å². The van der Waals surface area contributed by atoms with Gasteiger partial charge in [-0.25, -0.2) is 8.42 Å². The summed E-state index contributed by atoms with van der Waals surface area (Å²) in [7, 11) is -3.14. The second-order valence-corrected chi connectivity index (χ2v) is 8.52. The molecule has 1 heterocycles. The molecule has 5 nitrogen and oxygen atoms in total. The molecule has 0 N–H and O–H groups in total. The normalized spacial score (nSPS) is 14.5. The average molecular weight is 370 g/mol. The number of hydrogen-bond donors (Lipinski definition) is 0. The Morgan fingerprint density at radius 3 is 2.62 bits per heavy atom. The van der Waals surface area contributed by atoms with Crippen LogP contribution in [0.5, 0.6) is 5.75 Å². The molecule has 6 heteroatoms. The highest BCUT2D eigenvalue weighted by Crippen LogP contribution is 2.25. The molecule has 1 aliphatic heterocycles. The Kier molecular flexibility index (Phi) is 5.60. The molecular weight excluding hydrogens is 348 g/mol. The third kappa shape index (κ3) is 4.63. The summed E-state index contributed by atoms with van der Waals surface area (Å²) in [6, 6.07) is 15.6. The lowest BCUT2D eigenvalue weighted by molar-refractivity contribution is 0.309. The van der Waals surface area contributed by atoms with Gasteiger partial charge in [0.25, 0.3) is 0 Å². The van der Waals surface area contributed by atoms with E-state index in [0.717, 1.165) is 29.7 Å². The van der Waals surface area contributed by atoms with Gasteiger partial charge in [-0.2, -0.15) is 9.57 Å². The van der Waals surface area contributed by atoms with E-state index in [2.05, 4.69) is 6.07 Å². The quantitative estimate of drug-likeness (QED) is 0.733. The molecule has 1 aliphatic rings. The molecule has 0 saturated carbocycles. The van der Waals surface area contributed by atoms with E-state index in [4.69, 9.17) is 10.00 Å². The third-order valence-corrected chi connectivity index (χ3v) is 5.84. The van der Waals surface area contributed by atoms with Crippen molar-refractivity contribution in [2.24, 2.45) is 0 Å². The van der Waals surface area contributed by atoms with Crippen molar-refractivity contribution in [3.05, 3.63) is 64.7 Å². The Morgan fingerprint density at radius 2 is 1.92 bits per heavy atom. The summed E-state index contributed by atoms with van der Waals surface area (Å²) in [5, 5.41) is 8.80. The van der Waals surface area contributed by atoms with E-state index in [9.17, 15) is 8.42 Å². The van der Waals surface area contributed by atoms with E-state index < -0.39 is 10.0 Å². The van der Waals surface area contributed by atoms with Crippen molar-refractivity contribution in [3.63, 3.8) is 0 Å². The van der Waals surface area contributed by atoms with Crippen LogP contribution in [0.15, 0.2) is 42.5 Å². The van der Waals surface area contributed by atoms with Crippen LogP contribution in [0.2, 0.25) is 0 Å². The number of hydrogen-bond acceptors (Lipinski definition) is 4. The van der Waals surface area contributed by atoms with Gasteiger partial charge in [0.2, 0.25) is 10.0 Å². The number of fused-ring (bicyclic) bond motifs is 1. The minimum Gasteiger partial charge on any atom is -0.494 e. The van der Waals surface area contributed by atoms with Crippen LogP contribution in [-0.2, 0) is 29.4 Å². The SMILES string of the molecule is CS(=O)(=O)N1CCc2cc(OCCCc3ccc(C#N)cc3)ccc2C1. The molecule has 0 amide bonds. The summed E-state index contributed by atoms with van der Waals surface area (Å²) >= 11 is 0. The predicted molar refractivity (Wildman–Crippen MR) is 100 cm³/mol. The summed E-state index contributed by atoms with van der Waals surface area (Å²) in [6.07, 6.45) is 3.76. The molecule has 0 atom stereocenters. The number of benzene rings is 2. The summed E-state index contributed by atoms with van der Waals surface area (Å²) < 4.78 is 30.7. The Hall–Kier alpha value is -2.36. The Labute approximate surface area is 154 Å². The van der Waals surface area contributed by atoms with Crippen molar-refractivity contribution in [1.82, 2.24) is 4.31 Å². The molecular formula is C20H22N2O3S. The number of nitrogens with zero attached hydrogens (tertiary/aromatic N) is 2. The highest BCUT2D eigenvalue weighted by molar-refractivity contribution is 7.88. The zero-order valence-corrected chi connectivity index (χ0v) is 15.6. The molecule has 0 spiro atoms. The molecule has 0 fully saturated rings. The topological polar surface area (TPSA) is 70.4 Å². The molecule has 0 saturated heterocycles. The lowest BCUT2D eigenvalue weighted by Gasteiger charge is -2.27. The van der Waals surface area contributed by atoms with Gasteiger partial charge >= 0.3 is 0 Å². The molecule has 0 aromatic heterocycles. The van der Waals surface area contributed by atoms with Crippen LogP contribution < -0.4 is 4.74 Å². The molecule has 136 valence electrons. The van der Waals surface area contributed by atoms with Crippen molar-refractivity contribution in [2.45, 2.75) is 25.8 Å². The van der Waals surface area contributed by atoms with E-state index in [1.54, 1.807) is 0 Å². The largest absolute Gasteiger partial charge is 0.494 e. The Balaban J connectivity index is 1.51. The standard InChI is InChI=1S/C20H22N2O3S/c1-26(23,24)22-11-10-18-13-20(9-8-19(18)15-22)25-12-2-3-16-4-6-17(14-21)7-5-16/h4-9,13H,2-3,10-12,15H2,1H3. The summed E-state index contributed by atoms with van der Waals surface area (Å²) in [6.45, 7) is 1.58. The second kappa shape index (κ2) is 7.90. The number of sulfonamides is 1. The fourth-order valence-electron chi connectivity index (χ4n) is 3.09. The fraction of sp³-hybridized carbons (Fsp3) is 0.350. The van der Waals surface area contributed by atoms with Crippen molar-refractivity contribution >= 4 is 10.0 Å². The Morgan fingerprint density at radius 1 is 1.15 bits per heavy atom. The van der Waals surface area contributed by atoms with Gasteiger partial charge < -0.3 is 4.74 Å². The monoisotopic (exact) mass is 370 g/mol. The van der Waals surface area contributed by atoms with Gasteiger partial charge in [-0.15, -0.1) is 0 Å². The molecule has 2 aromatic rings. The van der Waals surface area contributed by atoms with Gasteiger partial charge in [0.15, 0.2) is 0 Å². The van der Waals surface area contributed by atoms with E-state index in [0.29, 0.717) is 31.7 Å². The number of nitriles is 1. The highest BCUT2D eigenvalue weighted by atomic mass is 32.2. The van der Waals surface area contributed by atoms with Gasteiger partial charge in [0.1, 0.15) is 5.75 Å². The van der Waals surface area contributed by atoms with Crippen molar-refractivity contribution in [2.75, 3.05) is 19.4 Å². The van der Waals surface area contributed by atoms with Crippen LogP contribution in [-0.4, -0.2) is 32.1 Å². The van der Waals surface area contributed by atoms with Crippen molar-refractivity contribution < 1.29 is 13.2 Å². The molecule has 0 unspecified atom stereocenters. The fourth-order valence-corrected chi connectivity index (χ4v) is 3.89. The van der Waals surface area contributed by atoms with Gasteiger partial charge in [-0.3, -0.25) is 0 Å². The van der Waals surface area contributed by atoms with Crippen LogP contribution in [0, 0.1) is 11.3 Å². The summed E-state index contributed by atoms with van der Waals surface area (Å²) in [5.41, 5.74) is 4.08. The van der Waals surface area contributed by atoms with Crippen LogP contribution in [0.3, 0.4) is 0 Å². The highest BCUT2D eigenvalue weighted by Gasteiger charge is 2.23. The van der Waals surface area contributed by atoms with Gasteiger partial charge in [-0.1, -0.05) is 18.2 Å². The van der Waals surface area contributed by atoms with Gasteiger partial charge in [-0.05, 0) is 60.2 Å². The number of ether oxygens (including phenoxy) is 1. The van der Waals surface area contributed by atoms with E-state index in [1.807, 2.05) is 42.5 Å². The number of rotatable bonds is 6. The molecule has 0 bridgehead atoms. The summed E-state index contributed by atoms with van der Waals surface area (Å²) in [5.74, 6) is 0.830. The maximum absolute atomic E-state index is 11.7. The predicted octanol–water partition coefficient (Wildman–Crippen LogP) is 2.89. The van der Waals surface area contributed by atoms with E-state index in [-0.39, 0.29) is 0 Å². The van der Waals surface area contributed by atoms with Gasteiger partial charge in [0.05, 0.1) is 24.5 Å². The molecule has 0 radical (unpaired) electrons. The molecule has 26 heavy (non-hydrogen) atoms. The first kappa shape index (κ1) is 18.4. The van der Waals surface area contributed by atoms with Crippen LogP contribution in [0.1, 0.15) is 28.7 Å². The molecule has 3 rings (SSSR count). The lowest BCUT2D eigenvalue weighted by Crippen LogP contribution is -2.35. The zero-order valence-electron chi connectivity index (χ0n) is 14.8. The molecule has 0 aliphatic carbocycles. The van der Waals surface area contributed by atoms with E-state index >= 15 is 0 Å². The minimum absolute atomic E-state index is 0.438. The molecule has 2 aromatic carbocycles. The maximum Gasteiger partial charge on any atom is 0.211 e. The summed E-state index contributed by atoms with van der Waals surface area (Å²) in [4.78, 5) is 0. The minimum atomic E-state index is -3.14. The van der Waals surface area contributed by atoms with Crippen LogP contribution in [0.25, 0.3) is 0 Å². The average Bonchev–Trinajstić information content (AvgIpc) is 2.64. The first-order valence-corrected chi connectivity index (χ1v) is 10.5. The maximum atomic E-state index is 11.7. The first-order valence-electron chi connectivity index (χ1n) is 8.64. The van der Waals surface area contributed by atoms with Crippen molar-refractivity contribution in [1.29, 1.82) is 5.26 Å². The Bertz CT molecular complexity index is 915. The third-order valence-electron chi connectivity index (χ3n) is 4.59. The first-order chi connectivity index (χ1) is 12.5. The smallest absolute Gasteiger partial charge is 0.211 e. The van der Waals surface area contributed by atoms with Crippen LogP contribution in [0.4, 0.5) is 0 Å². The lowest BCUT2D eigenvalue weighted by atomic mass is 10.0. The second-order valence-electron chi connectivity index (χ2n) is 6.54.